The number of hydrogen-bond donors (Lipinski definition) is 1. The third-order valence-corrected chi connectivity index (χ3v) is 2.08. The molecule has 0 spiro atoms. The van der Waals surface area contributed by atoms with Crippen molar-refractivity contribution < 1.29 is 5.11 Å². The van der Waals surface area contributed by atoms with Crippen LogP contribution in [-0.2, 0) is 0 Å². The largest absolute Gasteiger partial charge is 0.396 e. The Balaban J connectivity index is 2.39. The molecule has 0 radical (unpaired) electrons. The summed E-state index contributed by atoms with van der Waals surface area (Å²) in [7, 11) is 0. The third kappa shape index (κ3) is 1.84. The summed E-state index contributed by atoms with van der Waals surface area (Å²) in [6, 6.07) is 0. The van der Waals surface area contributed by atoms with E-state index in [1.165, 1.54) is 18.4 Å². The van der Waals surface area contributed by atoms with Gasteiger partial charge < -0.3 is 5.11 Å². The lowest BCUT2D eigenvalue weighted by Crippen LogP contribution is -2.04. The molecule has 0 fully saturated rings. The Morgan fingerprint density at radius 2 is 2.30 bits per heavy atom. The van der Waals surface area contributed by atoms with Crippen molar-refractivity contribution in [3.63, 3.8) is 0 Å². The summed E-state index contributed by atoms with van der Waals surface area (Å²) >= 11 is 0. The fraction of sp³-hybridized carbons (Fsp3) is 0.778. The predicted molar refractivity (Wildman–Crippen MR) is 42.8 cm³/mol. The van der Waals surface area contributed by atoms with E-state index in [2.05, 4.69) is 19.9 Å². The molecule has 0 unspecified atom stereocenters. The van der Waals surface area contributed by atoms with Gasteiger partial charge in [-0.1, -0.05) is 25.5 Å². The minimum absolute atomic E-state index is 0.307. The zero-order valence-electron chi connectivity index (χ0n) is 6.85. The molecule has 58 valence electrons. The van der Waals surface area contributed by atoms with Crippen molar-refractivity contribution in [2.24, 2.45) is 5.41 Å². The second kappa shape index (κ2) is 2.75. The second-order valence-electron chi connectivity index (χ2n) is 3.88. The zero-order chi connectivity index (χ0) is 7.61. The first-order valence-corrected chi connectivity index (χ1v) is 3.93. The van der Waals surface area contributed by atoms with Crippen molar-refractivity contribution in [2.75, 3.05) is 6.61 Å². The Labute approximate surface area is 62.8 Å². The lowest BCUT2D eigenvalue weighted by Gasteiger charge is -2.16. The van der Waals surface area contributed by atoms with E-state index in [1.807, 2.05) is 0 Å². The molecular formula is C9H16O. The Morgan fingerprint density at radius 3 is 2.70 bits per heavy atom. The molecule has 0 aromatic carbocycles. The van der Waals surface area contributed by atoms with E-state index in [0.29, 0.717) is 12.0 Å². The summed E-state index contributed by atoms with van der Waals surface area (Å²) < 4.78 is 0. The summed E-state index contributed by atoms with van der Waals surface area (Å²) in [5, 5.41) is 8.66. The molecule has 1 N–H and O–H groups in total. The lowest BCUT2D eigenvalue weighted by atomic mass is 9.89. The van der Waals surface area contributed by atoms with E-state index < -0.39 is 0 Å². The molecule has 0 bridgehead atoms. The summed E-state index contributed by atoms with van der Waals surface area (Å²) in [6.45, 7) is 4.85. The topological polar surface area (TPSA) is 20.2 Å². The molecule has 1 aliphatic rings. The van der Waals surface area contributed by atoms with Crippen LogP contribution in [0.1, 0.15) is 33.1 Å². The van der Waals surface area contributed by atoms with Gasteiger partial charge in [0.1, 0.15) is 0 Å². The Bertz CT molecular complexity index is 145. The fourth-order valence-corrected chi connectivity index (χ4v) is 1.51. The first-order valence-electron chi connectivity index (χ1n) is 3.93. The summed E-state index contributed by atoms with van der Waals surface area (Å²) in [5.74, 6) is 0. The van der Waals surface area contributed by atoms with Crippen LogP contribution in [0.15, 0.2) is 11.6 Å². The molecule has 0 amide bonds. The predicted octanol–water partition coefficient (Wildman–Crippen LogP) is 2.12. The molecular weight excluding hydrogens is 124 g/mol. The summed E-state index contributed by atoms with van der Waals surface area (Å²) in [6.07, 6.45) is 5.51. The van der Waals surface area contributed by atoms with Gasteiger partial charge in [-0.3, -0.25) is 0 Å². The first-order chi connectivity index (χ1) is 4.64. The SMILES string of the molecule is CC1(C)CC=C(CCO)C1. The molecule has 0 saturated carbocycles. The maximum Gasteiger partial charge on any atom is 0.0468 e. The molecule has 0 atom stereocenters. The first kappa shape index (κ1) is 7.80. The number of aliphatic hydroxyl groups is 1. The van der Waals surface area contributed by atoms with Crippen molar-refractivity contribution in [2.45, 2.75) is 33.1 Å². The van der Waals surface area contributed by atoms with Gasteiger partial charge in [-0.15, -0.1) is 0 Å². The average Bonchev–Trinajstić information content (AvgIpc) is 2.12. The van der Waals surface area contributed by atoms with Crippen LogP contribution >= 0.6 is 0 Å². The molecule has 0 heterocycles. The number of rotatable bonds is 2. The van der Waals surface area contributed by atoms with Crippen LogP contribution in [-0.4, -0.2) is 11.7 Å². The van der Waals surface area contributed by atoms with Gasteiger partial charge in [0, 0.05) is 6.61 Å². The Kier molecular flexibility index (Phi) is 2.14. The van der Waals surface area contributed by atoms with E-state index in [9.17, 15) is 0 Å². The van der Waals surface area contributed by atoms with E-state index in [1.54, 1.807) is 0 Å². The standard InChI is InChI=1S/C9H16O/c1-9(2)5-3-8(7-9)4-6-10/h3,10H,4-7H2,1-2H3. The summed E-state index contributed by atoms with van der Waals surface area (Å²) in [5.41, 5.74) is 1.90. The number of hydrogen-bond acceptors (Lipinski definition) is 1. The third-order valence-electron chi connectivity index (χ3n) is 2.08. The monoisotopic (exact) mass is 140 g/mol. The number of allylic oxidation sites excluding steroid dienone is 1. The van der Waals surface area contributed by atoms with Crippen LogP contribution in [0.25, 0.3) is 0 Å². The van der Waals surface area contributed by atoms with Gasteiger partial charge in [-0.2, -0.15) is 0 Å². The van der Waals surface area contributed by atoms with Gasteiger partial charge in [0.15, 0.2) is 0 Å². The van der Waals surface area contributed by atoms with Gasteiger partial charge in [0.05, 0.1) is 0 Å². The molecule has 1 aliphatic carbocycles. The average molecular weight is 140 g/mol. The van der Waals surface area contributed by atoms with Crippen LogP contribution in [0.4, 0.5) is 0 Å². The normalized spacial score (nSPS) is 22.9. The molecule has 0 saturated heterocycles. The quantitative estimate of drug-likeness (QED) is 0.582. The minimum Gasteiger partial charge on any atom is -0.396 e. The molecule has 0 aromatic rings. The molecule has 0 aliphatic heterocycles. The van der Waals surface area contributed by atoms with Gasteiger partial charge in [0.25, 0.3) is 0 Å². The van der Waals surface area contributed by atoms with E-state index in [-0.39, 0.29) is 0 Å². The maximum absolute atomic E-state index is 8.66. The zero-order valence-corrected chi connectivity index (χ0v) is 6.85. The van der Waals surface area contributed by atoms with Crippen LogP contribution in [0.2, 0.25) is 0 Å². The van der Waals surface area contributed by atoms with E-state index in [0.717, 1.165) is 6.42 Å². The Hall–Kier alpha value is -0.300. The smallest absolute Gasteiger partial charge is 0.0468 e. The fourth-order valence-electron chi connectivity index (χ4n) is 1.51. The highest BCUT2D eigenvalue weighted by atomic mass is 16.2. The molecule has 1 nitrogen and oxygen atoms in total. The van der Waals surface area contributed by atoms with Crippen molar-refractivity contribution in [1.29, 1.82) is 0 Å². The molecule has 0 aromatic heterocycles. The van der Waals surface area contributed by atoms with Gasteiger partial charge in [0.2, 0.25) is 0 Å². The lowest BCUT2D eigenvalue weighted by molar-refractivity contribution is 0.294. The van der Waals surface area contributed by atoms with Crippen molar-refractivity contribution in [3.8, 4) is 0 Å². The summed E-state index contributed by atoms with van der Waals surface area (Å²) in [4.78, 5) is 0. The van der Waals surface area contributed by atoms with Crippen molar-refractivity contribution in [1.82, 2.24) is 0 Å². The van der Waals surface area contributed by atoms with Gasteiger partial charge in [-0.05, 0) is 24.7 Å². The molecule has 1 heteroatoms. The van der Waals surface area contributed by atoms with Crippen LogP contribution in [0, 0.1) is 5.41 Å². The van der Waals surface area contributed by atoms with Crippen LogP contribution in [0.3, 0.4) is 0 Å². The number of aliphatic hydroxyl groups excluding tert-OH is 1. The highest BCUT2D eigenvalue weighted by Crippen LogP contribution is 2.37. The molecule has 1 rings (SSSR count). The minimum atomic E-state index is 0.307. The van der Waals surface area contributed by atoms with Crippen LogP contribution in [0.5, 0.6) is 0 Å². The highest BCUT2D eigenvalue weighted by Gasteiger charge is 2.23. The second-order valence-corrected chi connectivity index (χ2v) is 3.88. The van der Waals surface area contributed by atoms with Crippen molar-refractivity contribution in [3.05, 3.63) is 11.6 Å². The van der Waals surface area contributed by atoms with Crippen molar-refractivity contribution >= 4 is 0 Å². The van der Waals surface area contributed by atoms with Gasteiger partial charge >= 0.3 is 0 Å². The molecule has 10 heavy (non-hydrogen) atoms. The van der Waals surface area contributed by atoms with E-state index >= 15 is 0 Å². The maximum atomic E-state index is 8.66. The Morgan fingerprint density at radius 1 is 1.60 bits per heavy atom. The van der Waals surface area contributed by atoms with E-state index in [4.69, 9.17) is 5.11 Å². The highest BCUT2D eigenvalue weighted by molar-refractivity contribution is 5.12. The van der Waals surface area contributed by atoms with Crippen LogP contribution < -0.4 is 0 Å². The van der Waals surface area contributed by atoms with Gasteiger partial charge in [-0.25, -0.2) is 0 Å².